The molecule has 0 aromatic heterocycles. The molecule has 0 radical (unpaired) electrons. The number of ether oxygens (including phenoxy) is 2. The molecular formula is C42H83NO8P+. The molecule has 0 fully saturated rings. The van der Waals surface area contributed by atoms with Crippen LogP contribution in [0.15, 0.2) is 12.2 Å². The average Bonchev–Trinajstić information content (AvgIpc) is 3.09. The Bertz CT molecular complexity index is 907. The zero-order valence-corrected chi connectivity index (χ0v) is 35.5. The Morgan fingerprint density at radius 2 is 0.981 bits per heavy atom. The summed E-state index contributed by atoms with van der Waals surface area (Å²) in [6.45, 7) is 4.42. The fraction of sp³-hybridized carbons (Fsp3) is 0.905. The summed E-state index contributed by atoms with van der Waals surface area (Å²) >= 11 is 0. The van der Waals surface area contributed by atoms with Crippen molar-refractivity contribution in [3.8, 4) is 0 Å². The van der Waals surface area contributed by atoms with E-state index in [2.05, 4.69) is 26.0 Å². The molecule has 0 aromatic rings. The van der Waals surface area contributed by atoms with E-state index in [1.54, 1.807) is 0 Å². The number of unbranched alkanes of at least 4 members (excludes halogenated alkanes) is 23. The van der Waals surface area contributed by atoms with Gasteiger partial charge in [-0.15, -0.1) is 0 Å². The molecule has 2 atom stereocenters. The van der Waals surface area contributed by atoms with Gasteiger partial charge in [0.2, 0.25) is 0 Å². The summed E-state index contributed by atoms with van der Waals surface area (Å²) in [6, 6.07) is 0. The predicted octanol–water partition coefficient (Wildman–Crippen LogP) is 11.8. The normalized spacial score (nSPS) is 13.7. The van der Waals surface area contributed by atoms with Crippen LogP contribution in [0.4, 0.5) is 0 Å². The number of hydrogen-bond donors (Lipinski definition) is 1. The summed E-state index contributed by atoms with van der Waals surface area (Å²) < 4.78 is 34.3. The summed E-state index contributed by atoms with van der Waals surface area (Å²) in [4.78, 5) is 35.3. The van der Waals surface area contributed by atoms with E-state index in [0.29, 0.717) is 17.4 Å². The van der Waals surface area contributed by atoms with Gasteiger partial charge in [0.05, 0.1) is 27.7 Å². The van der Waals surface area contributed by atoms with Crippen molar-refractivity contribution >= 4 is 19.8 Å². The summed E-state index contributed by atoms with van der Waals surface area (Å²) in [6.07, 6.45) is 35.3. The average molecular weight is 761 g/mol. The number of quaternary nitrogens is 1. The van der Waals surface area contributed by atoms with Gasteiger partial charge in [0.15, 0.2) is 6.10 Å². The van der Waals surface area contributed by atoms with Crippen molar-refractivity contribution < 1.29 is 42.1 Å². The molecule has 0 bridgehead atoms. The van der Waals surface area contributed by atoms with E-state index in [4.69, 9.17) is 18.5 Å². The molecule has 0 saturated carbocycles. The van der Waals surface area contributed by atoms with Crippen LogP contribution < -0.4 is 0 Å². The first-order valence-electron chi connectivity index (χ1n) is 21.4. The van der Waals surface area contributed by atoms with Crippen LogP contribution in [0.2, 0.25) is 0 Å². The minimum Gasteiger partial charge on any atom is -0.462 e. The lowest BCUT2D eigenvalue weighted by Gasteiger charge is -2.24. The Morgan fingerprint density at radius 1 is 0.577 bits per heavy atom. The van der Waals surface area contributed by atoms with Gasteiger partial charge >= 0.3 is 19.8 Å². The molecule has 0 heterocycles. The second kappa shape index (κ2) is 35.5. The highest BCUT2D eigenvalue weighted by molar-refractivity contribution is 7.47. The maximum absolute atomic E-state index is 12.6. The number of phosphoric acid groups is 1. The van der Waals surface area contributed by atoms with Crippen molar-refractivity contribution in [2.24, 2.45) is 0 Å². The molecule has 0 aromatic carbocycles. The van der Waals surface area contributed by atoms with Gasteiger partial charge in [-0.3, -0.25) is 18.6 Å². The fourth-order valence-corrected chi connectivity index (χ4v) is 6.63. The quantitative estimate of drug-likeness (QED) is 0.0217. The van der Waals surface area contributed by atoms with Gasteiger partial charge in [0, 0.05) is 12.8 Å². The van der Waals surface area contributed by atoms with Crippen LogP contribution >= 0.6 is 7.82 Å². The van der Waals surface area contributed by atoms with Crippen LogP contribution in [0.25, 0.3) is 0 Å². The third-order valence-corrected chi connectivity index (χ3v) is 10.3. The number of phosphoric ester groups is 1. The maximum atomic E-state index is 12.6. The van der Waals surface area contributed by atoms with E-state index in [0.717, 1.165) is 51.4 Å². The number of nitrogens with zero attached hydrogens (tertiary/aromatic N) is 1. The highest BCUT2D eigenvalue weighted by atomic mass is 31.2. The van der Waals surface area contributed by atoms with Crippen LogP contribution in [0, 0.1) is 0 Å². The summed E-state index contributed by atoms with van der Waals surface area (Å²) in [5.74, 6) is -0.801. The van der Waals surface area contributed by atoms with Crippen molar-refractivity contribution in [1.82, 2.24) is 0 Å². The SMILES string of the molecule is CCCCCCCC/C=C\CCCCCCCC(=O)OC[C@H](COP(=O)(O)OCC[N+](C)(C)C)OC(=O)CCCCCCCCCCCCCCC. The third-order valence-electron chi connectivity index (χ3n) is 9.30. The highest BCUT2D eigenvalue weighted by Crippen LogP contribution is 2.43. The molecule has 0 rings (SSSR count). The van der Waals surface area contributed by atoms with E-state index >= 15 is 0 Å². The second-order valence-electron chi connectivity index (χ2n) is 15.7. The van der Waals surface area contributed by atoms with Crippen molar-refractivity contribution in [2.45, 2.75) is 200 Å². The first kappa shape index (κ1) is 50.8. The molecule has 308 valence electrons. The van der Waals surface area contributed by atoms with Crippen LogP contribution in [-0.2, 0) is 32.7 Å². The Hall–Kier alpha value is -1.25. The molecule has 52 heavy (non-hydrogen) atoms. The zero-order valence-electron chi connectivity index (χ0n) is 34.6. The largest absolute Gasteiger partial charge is 0.472 e. The minimum atomic E-state index is -4.37. The lowest BCUT2D eigenvalue weighted by Crippen LogP contribution is -2.37. The van der Waals surface area contributed by atoms with Crippen LogP contribution in [0.5, 0.6) is 0 Å². The van der Waals surface area contributed by atoms with E-state index < -0.39 is 26.5 Å². The summed E-state index contributed by atoms with van der Waals surface area (Å²) in [5, 5.41) is 0. The predicted molar refractivity (Wildman–Crippen MR) is 215 cm³/mol. The van der Waals surface area contributed by atoms with Crippen LogP contribution in [-0.4, -0.2) is 74.9 Å². The molecule has 0 aliphatic carbocycles. The van der Waals surface area contributed by atoms with Crippen molar-refractivity contribution in [1.29, 1.82) is 0 Å². The number of allylic oxidation sites excluding steroid dienone is 2. The number of carbonyl (C=O) groups excluding carboxylic acids is 2. The van der Waals surface area contributed by atoms with Gasteiger partial charge < -0.3 is 18.9 Å². The fourth-order valence-electron chi connectivity index (χ4n) is 5.89. The van der Waals surface area contributed by atoms with Crippen molar-refractivity contribution in [2.75, 3.05) is 47.5 Å². The number of hydrogen-bond acceptors (Lipinski definition) is 7. The standard InChI is InChI=1S/C42H82NO8P/c1-6-8-10-12-14-16-18-20-21-23-24-26-28-30-32-34-41(44)48-38-40(39-50-52(46,47)49-37-36-43(3,4)5)51-42(45)35-33-31-29-27-25-22-19-17-15-13-11-9-7-2/h20-21,40H,6-19,22-39H2,1-5H3/p+1/b21-20-/t40-/m1/s1. The first-order chi connectivity index (χ1) is 25.0. The van der Waals surface area contributed by atoms with Gasteiger partial charge in [0.1, 0.15) is 19.8 Å². The molecule has 1 unspecified atom stereocenters. The highest BCUT2D eigenvalue weighted by Gasteiger charge is 2.27. The van der Waals surface area contributed by atoms with Gasteiger partial charge in [-0.1, -0.05) is 154 Å². The van der Waals surface area contributed by atoms with E-state index in [-0.39, 0.29) is 32.0 Å². The Labute approximate surface area is 320 Å². The molecule has 0 saturated heterocycles. The van der Waals surface area contributed by atoms with E-state index in [1.807, 2.05) is 21.1 Å². The molecule has 0 amide bonds. The summed E-state index contributed by atoms with van der Waals surface area (Å²) in [5.41, 5.74) is 0. The smallest absolute Gasteiger partial charge is 0.462 e. The number of likely N-dealkylation sites (N-methyl/N-ethyl adjacent to an activating group) is 1. The Balaban J connectivity index is 4.37. The van der Waals surface area contributed by atoms with Crippen molar-refractivity contribution in [3.63, 3.8) is 0 Å². The van der Waals surface area contributed by atoms with Crippen LogP contribution in [0.3, 0.4) is 0 Å². The monoisotopic (exact) mass is 761 g/mol. The zero-order chi connectivity index (χ0) is 38.6. The lowest BCUT2D eigenvalue weighted by atomic mass is 10.0. The van der Waals surface area contributed by atoms with Crippen LogP contribution in [0.1, 0.15) is 194 Å². The molecule has 0 aliphatic heterocycles. The topological polar surface area (TPSA) is 108 Å². The first-order valence-corrected chi connectivity index (χ1v) is 22.9. The molecular weight excluding hydrogens is 677 g/mol. The number of rotatable bonds is 39. The van der Waals surface area contributed by atoms with E-state index in [9.17, 15) is 19.0 Å². The summed E-state index contributed by atoms with van der Waals surface area (Å²) in [7, 11) is 1.48. The Morgan fingerprint density at radius 3 is 1.42 bits per heavy atom. The number of carbonyl (C=O) groups is 2. The third kappa shape index (κ3) is 38.5. The molecule has 10 heteroatoms. The minimum absolute atomic E-state index is 0.0335. The van der Waals surface area contributed by atoms with Gasteiger partial charge in [0.25, 0.3) is 0 Å². The van der Waals surface area contributed by atoms with Gasteiger partial charge in [-0.2, -0.15) is 0 Å². The molecule has 9 nitrogen and oxygen atoms in total. The second-order valence-corrected chi connectivity index (χ2v) is 17.2. The van der Waals surface area contributed by atoms with Crippen molar-refractivity contribution in [3.05, 3.63) is 12.2 Å². The number of esters is 2. The Kier molecular flexibility index (Phi) is 34.6. The maximum Gasteiger partial charge on any atom is 0.472 e. The molecule has 0 spiro atoms. The van der Waals surface area contributed by atoms with Gasteiger partial charge in [-0.05, 0) is 38.5 Å². The van der Waals surface area contributed by atoms with Gasteiger partial charge in [-0.25, -0.2) is 4.57 Å². The lowest BCUT2D eigenvalue weighted by molar-refractivity contribution is -0.870. The molecule has 0 aliphatic rings. The molecule has 1 N–H and O–H groups in total. The van der Waals surface area contributed by atoms with E-state index in [1.165, 1.54) is 109 Å².